The van der Waals surface area contributed by atoms with Crippen LogP contribution < -0.4 is 20.9 Å². The minimum absolute atomic E-state index is 0.104. The summed E-state index contributed by atoms with van der Waals surface area (Å²) in [6.45, 7) is 2.67. The maximum absolute atomic E-state index is 13.5. The molecule has 1 aromatic heterocycles. The van der Waals surface area contributed by atoms with Crippen molar-refractivity contribution in [3.63, 3.8) is 0 Å². The summed E-state index contributed by atoms with van der Waals surface area (Å²) in [7, 11) is 1.64. The summed E-state index contributed by atoms with van der Waals surface area (Å²) in [6.07, 6.45) is 0.551. The highest BCUT2D eigenvalue weighted by Gasteiger charge is 2.23. The number of carbonyl (C=O) groups is 1. The minimum Gasteiger partial charge on any atom is -0.497 e. The number of ether oxygens (including phenoxy) is 1. The molecule has 1 aliphatic heterocycles. The molecule has 2 heterocycles. The number of aromatic nitrogens is 2. The van der Waals surface area contributed by atoms with Crippen LogP contribution in [0.15, 0.2) is 88.5 Å². The van der Waals surface area contributed by atoms with E-state index in [9.17, 15) is 14.4 Å². The fourth-order valence-electron chi connectivity index (χ4n) is 4.85. The van der Waals surface area contributed by atoms with Gasteiger partial charge in [-0.05, 0) is 48.4 Å². The third-order valence-electron chi connectivity index (χ3n) is 6.96. The van der Waals surface area contributed by atoms with Gasteiger partial charge in [0.2, 0.25) is 5.91 Å². The summed E-state index contributed by atoms with van der Waals surface area (Å²) in [4.78, 5) is 44.0. The van der Waals surface area contributed by atoms with Crippen LogP contribution in [0.25, 0.3) is 10.9 Å². The number of fused-ring (bicyclic) bond motifs is 1. The summed E-state index contributed by atoms with van der Waals surface area (Å²) in [6, 6.07) is 24.6. The van der Waals surface area contributed by atoms with Crippen molar-refractivity contribution < 1.29 is 9.53 Å². The number of nitrogens with zero attached hydrogens (tertiary/aromatic N) is 4. The predicted molar refractivity (Wildman–Crippen MR) is 144 cm³/mol. The molecule has 0 aliphatic carbocycles. The van der Waals surface area contributed by atoms with E-state index in [0.29, 0.717) is 43.5 Å². The van der Waals surface area contributed by atoms with Crippen LogP contribution in [0.2, 0.25) is 0 Å². The third-order valence-corrected chi connectivity index (χ3v) is 6.96. The van der Waals surface area contributed by atoms with E-state index >= 15 is 0 Å². The van der Waals surface area contributed by atoms with Crippen molar-refractivity contribution >= 4 is 22.5 Å². The molecule has 0 saturated carbocycles. The van der Waals surface area contributed by atoms with Crippen molar-refractivity contribution in [1.82, 2.24) is 14.0 Å². The molecule has 1 aliphatic rings. The van der Waals surface area contributed by atoms with E-state index < -0.39 is 5.69 Å². The molecule has 1 fully saturated rings. The fourth-order valence-corrected chi connectivity index (χ4v) is 4.85. The van der Waals surface area contributed by atoms with Crippen molar-refractivity contribution in [2.45, 2.75) is 19.5 Å². The van der Waals surface area contributed by atoms with Crippen LogP contribution in [0.4, 0.5) is 5.69 Å². The van der Waals surface area contributed by atoms with Crippen LogP contribution in [0, 0.1) is 0 Å². The topological polar surface area (TPSA) is 76.8 Å². The van der Waals surface area contributed by atoms with Crippen LogP contribution in [0.1, 0.15) is 5.56 Å². The number of hydrogen-bond donors (Lipinski definition) is 0. The standard InChI is InChI=1S/C29H30N4O4/c1-37-24-13-11-23(12-14-24)30-17-19-31(20-18-30)27(34)21-33-26-10-6-5-9-25(26)28(35)32(29(33)36)16-15-22-7-3-2-4-8-22/h2-14H,15-21H2,1H3. The number of amides is 1. The maximum Gasteiger partial charge on any atom is 0.331 e. The number of rotatable bonds is 7. The van der Waals surface area contributed by atoms with Crippen LogP contribution >= 0.6 is 0 Å². The number of piperazine rings is 1. The molecule has 1 amide bonds. The van der Waals surface area contributed by atoms with Gasteiger partial charge >= 0.3 is 5.69 Å². The Morgan fingerprint density at radius 2 is 1.49 bits per heavy atom. The number of hydrogen-bond acceptors (Lipinski definition) is 5. The first-order chi connectivity index (χ1) is 18.0. The van der Waals surface area contributed by atoms with Gasteiger partial charge in [0.1, 0.15) is 12.3 Å². The third kappa shape index (κ3) is 5.14. The van der Waals surface area contributed by atoms with E-state index in [1.165, 1.54) is 9.13 Å². The second-order valence-corrected chi connectivity index (χ2v) is 9.14. The summed E-state index contributed by atoms with van der Waals surface area (Å²) < 4.78 is 7.93. The van der Waals surface area contributed by atoms with Crippen molar-refractivity contribution in [3.05, 3.63) is 105 Å². The molecule has 0 atom stereocenters. The van der Waals surface area contributed by atoms with E-state index in [1.807, 2.05) is 54.6 Å². The van der Waals surface area contributed by atoms with E-state index in [2.05, 4.69) is 4.90 Å². The lowest BCUT2D eigenvalue weighted by atomic mass is 10.1. The van der Waals surface area contributed by atoms with Gasteiger partial charge in [-0.2, -0.15) is 0 Å². The van der Waals surface area contributed by atoms with Crippen molar-refractivity contribution in [1.29, 1.82) is 0 Å². The smallest absolute Gasteiger partial charge is 0.331 e. The van der Waals surface area contributed by atoms with Gasteiger partial charge in [0, 0.05) is 38.4 Å². The van der Waals surface area contributed by atoms with Crippen LogP contribution in [0.5, 0.6) is 5.75 Å². The van der Waals surface area contributed by atoms with Crippen molar-refractivity contribution in [3.8, 4) is 5.75 Å². The first-order valence-corrected chi connectivity index (χ1v) is 12.5. The zero-order chi connectivity index (χ0) is 25.8. The molecule has 190 valence electrons. The molecule has 0 N–H and O–H groups in total. The van der Waals surface area contributed by atoms with E-state index in [1.54, 1.807) is 36.3 Å². The molecule has 37 heavy (non-hydrogen) atoms. The molecule has 1 saturated heterocycles. The normalized spacial score (nSPS) is 13.6. The summed E-state index contributed by atoms with van der Waals surface area (Å²) >= 11 is 0. The molecule has 0 spiro atoms. The molecule has 5 rings (SSSR count). The van der Waals surface area contributed by atoms with Crippen molar-refractivity contribution in [2.75, 3.05) is 38.2 Å². The number of methoxy groups -OCH3 is 1. The Kier molecular flexibility index (Phi) is 7.07. The molecule has 8 heteroatoms. The van der Waals surface area contributed by atoms with Gasteiger partial charge in [0.15, 0.2) is 0 Å². The molecule has 0 bridgehead atoms. The monoisotopic (exact) mass is 498 g/mol. The number of carbonyl (C=O) groups excluding carboxylic acids is 1. The lowest BCUT2D eigenvalue weighted by Crippen LogP contribution is -2.51. The van der Waals surface area contributed by atoms with Gasteiger partial charge in [0.25, 0.3) is 5.56 Å². The van der Waals surface area contributed by atoms with Crippen LogP contribution in [0.3, 0.4) is 0 Å². The number of para-hydroxylation sites is 1. The quantitative estimate of drug-likeness (QED) is 0.392. The fraction of sp³-hybridized carbons (Fsp3) is 0.276. The summed E-state index contributed by atoms with van der Waals surface area (Å²) in [5, 5.41) is 0.437. The Bertz CT molecular complexity index is 1500. The Balaban J connectivity index is 1.34. The van der Waals surface area contributed by atoms with E-state index in [0.717, 1.165) is 17.0 Å². The van der Waals surface area contributed by atoms with Crippen LogP contribution in [-0.4, -0.2) is 53.2 Å². The molecule has 0 unspecified atom stereocenters. The SMILES string of the molecule is COc1ccc(N2CCN(C(=O)Cn3c(=O)n(CCc4ccccc4)c(=O)c4ccccc43)CC2)cc1. The summed E-state index contributed by atoms with van der Waals surface area (Å²) in [5.41, 5.74) is 1.83. The van der Waals surface area contributed by atoms with Gasteiger partial charge in [-0.1, -0.05) is 42.5 Å². The highest BCUT2D eigenvalue weighted by atomic mass is 16.5. The van der Waals surface area contributed by atoms with Gasteiger partial charge < -0.3 is 14.5 Å². The van der Waals surface area contributed by atoms with Gasteiger partial charge in [-0.25, -0.2) is 4.79 Å². The Morgan fingerprint density at radius 3 is 2.19 bits per heavy atom. The zero-order valence-electron chi connectivity index (χ0n) is 20.9. The predicted octanol–water partition coefficient (Wildman–Crippen LogP) is 2.76. The Labute approximate surface area is 214 Å². The average molecular weight is 499 g/mol. The first kappa shape index (κ1) is 24.4. The highest BCUT2D eigenvalue weighted by Crippen LogP contribution is 2.20. The largest absolute Gasteiger partial charge is 0.497 e. The summed E-state index contributed by atoms with van der Waals surface area (Å²) in [5.74, 6) is 0.676. The van der Waals surface area contributed by atoms with E-state index in [-0.39, 0.29) is 24.6 Å². The van der Waals surface area contributed by atoms with Gasteiger partial charge in [-0.3, -0.25) is 18.7 Å². The number of benzene rings is 3. The minimum atomic E-state index is -0.454. The molecular weight excluding hydrogens is 468 g/mol. The average Bonchev–Trinajstić information content (AvgIpc) is 2.96. The lowest BCUT2D eigenvalue weighted by molar-refractivity contribution is -0.132. The van der Waals surface area contributed by atoms with Crippen molar-refractivity contribution in [2.24, 2.45) is 0 Å². The molecule has 0 radical (unpaired) electrons. The highest BCUT2D eigenvalue weighted by molar-refractivity contribution is 5.82. The van der Waals surface area contributed by atoms with E-state index in [4.69, 9.17) is 4.74 Å². The second kappa shape index (κ2) is 10.7. The number of anilines is 1. The molecule has 8 nitrogen and oxygen atoms in total. The molecular formula is C29H30N4O4. The van der Waals surface area contributed by atoms with Gasteiger partial charge in [0.05, 0.1) is 18.0 Å². The zero-order valence-corrected chi connectivity index (χ0v) is 20.9. The first-order valence-electron chi connectivity index (χ1n) is 12.5. The molecule has 3 aromatic carbocycles. The maximum atomic E-state index is 13.5. The van der Waals surface area contributed by atoms with Crippen LogP contribution in [-0.2, 0) is 24.3 Å². The second-order valence-electron chi connectivity index (χ2n) is 9.14. The lowest BCUT2D eigenvalue weighted by Gasteiger charge is -2.36. The Hall–Kier alpha value is -4.33. The molecule has 4 aromatic rings. The number of aryl methyl sites for hydroxylation is 1. The van der Waals surface area contributed by atoms with Gasteiger partial charge in [-0.15, -0.1) is 0 Å². The Morgan fingerprint density at radius 1 is 0.811 bits per heavy atom.